The van der Waals surface area contributed by atoms with Gasteiger partial charge in [0.25, 0.3) is 11.8 Å². The van der Waals surface area contributed by atoms with Gasteiger partial charge >= 0.3 is 0 Å². The average molecular weight is 589 g/mol. The van der Waals surface area contributed by atoms with Crippen molar-refractivity contribution in [3.05, 3.63) is 109 Å². The normalized spacial score (nSPS) is 17.7. The fourth-order valence-electron chi connectivity index (χ4n) is 5.64. The number of carbonyl (C=O) groups excluding carboxylic acids is 4. The molecule has 2 aromatic heterocycles. The lowest BCUT2D eigenvalue weighted by molar-refractivity contribution is -0.120. The van der Waals surface area contributed by atoms with Crippen molar-refractivity contribution in [1.82, 2.24) is 19.8 Å². The Morgan fingerprint density at radius 2 is 1.00 bits per heavy atom. The van der Waals surface area contributed by atoms with Crippen molar-refractivity contribution in [2.75, 3.05) is 36.8 Å². The summed E-state index contributed by atoms with van der Waals surface area (Å²) in [5.74, 6) is -0.972. The lowest BCUT2D eigenvalue weighted by atomic mass is 10.0. The molecule has 0 spiro atoms. The van der Waals surface area contributed by atoms with Crippen LogP contribution in [0.2, 0.25) is 0 Å². The summed E-state index contributed by atoms with van der Waals surface area (Å²) in [6, 6.07) is 22.1. The standard InChI is InChI=1S/C34H32N6O4/c41-31(27-13-17-39(21-27)33(43)25-3-1-15-35-19-25)37-29-9-5-23(6-10-29)24-7-11-30(12-8-24)38-32(42)28-14-18-40(22-28)34(44)26-4-2-16-36-20-26/h1-12,15-16,19-20,27-28H,13-14,17-18,21-22H2,(H,37,41)(H,38,42)/t27-,28+. The molecule has 0 aliphatic carbocycles. The molecule has 2 fully saturated rings. The first-order valence-corrected chi connectivity index (χ1v) is 14.7. The molecule has 10 heteroatoms. The highest BCUT2D eigenvalue weighted by Gasteiger charge is 2.32. The summed E-state index contributed by atoms with van der Waals surface area (Å²) < 4.78 is 0. The van der Waals surface area contributed by atoms with Crippen LogP contribution in [0.3, 0.4) is 0 Å². The van der Waals surface area contributed by atoms with E-state index in [1.54, 1.807) is 58.9 Å². The Morgan fingerprint density at radius 1 is 0.591 bits per heavy atom. The third-order valence-electron chi connectivity index (χ3n) is 8.15. The zero-order valence-corrected chi connectivity index (χ0v) is 24.1. The number of hydrogen-bond donors (Lipinski definition) is 2. The molecule has 4 amide bonds. The highest BCUT2D eigenvalue weighted by Crippen LogP contribution is 2.26. The molecular formula is C34H32N6O4. The molecule has 222 valence electrons. The Balaban J connectivity index is 0.988. The molecule has 2 saturated heterocycles. The van der Waals surface area contributed by atoms with Crippen LogP contribution in [0.15, 0.2) is 97.6 Å². The summed E-state index contributed by atoms with van der Waals surface area (Å²) in [5.41, 5.74) is 4.36. The van der Waals surface area contributed by atoms with Crippen molar-refractivity contribution >= 4 is 35.0 Å². The van der Waals surface area contributed by atoms with E-state index in [-0.39, 0.29) is 35.5 Å². The second-order valence-corrected chi connectivity index (χ2v) is 11.1. The number of pyridine rings is 2. The third-order valence-corrected chi connectivity index (χ3v) is 8.15. The number of nitrogens with zero attached hydrogens (tertiary/aromatic N) is 4. The molecular weight excluding hydrogens is 556 g/mol. The van der Waals surface area contributed by atoms with E-state index in [0.717, 1.165) is 11.1 Å². The molecule has 2 atom stereocenters. The Morgan fingerprint density at radius 3 is 1.36 bits per heavy atom. The fraction of sp³-hybridized carbons (Fsp3) is 0.235. The predicted octanol–water partition coefficient (Wildman–Crippen LogP) is 4.35. The summed E-state index contributed by atoms with van der Waals surface area (Å²) in [4.78, 5) is 62.5. The maximum absolute atomic E-state index is 12.9. The van der Waals surface area contributed by atoms with Crippen LogP contribution in [0.4, 0.5) is 11.4 Å². The van der Waals surface area contributed by atoms with E-state index >= 15 is 0 Å². The summed E-state index contributed by atoms with van der Waals surface area (Å²) in [6.45, 7) is 1.82. The molecule has 0 saturated carbocycles. The Hall–Kier alpha value is -5.38. The molecule has 0 radical (unpaired) electrons. The van der Waals surface area contributed by atoms with E-state index in [2.05, 4.69) is 20.6 Å². The molecule has 0 unspecified atom stereocenters. The van der Waals surface area contributed by atoms with Crippen LogP contribution in [0.1, 0.15) is 33.6 Å². The van der Waals surface area contributed by atoms with Crippen molar-refractivity contribution in [1.29, 1.82) is 0 Å². The predicted molar refractivity (Wildman–Crippen MR) is 166 cm³/mol. The van der Waals surface area contributed by atoms with E-state index in [9.17, 15) is 19.2 Å². The number of benzene rings is 2. The molecule has 2 aliphatic heterocycles. The Labute approximate surface area is 255 Å². The number of nitrogens with one attached hydrogen (secondary N) is 2. The van der Waals surface area contributed by atoms with Crippen molar-refractivity contribution in [3.8, 4) is 11.1 Å². The SMILES string of the molecule is O=C(Nc1ccc(-c2ccc(NC(=O)[C@H]3CCN(C(=O)c4cccnc4)C3)cc2)cc1)[C@@H]1CCN(C(=O)c2cccnc2)C1. The van der Waals surface area contributed by atoms with Crippen LogP contribution in [-0.4, -0.2) is 69.6 Å². The van der Waals surface area contributed by atoms with Crippen LogP contribution in [0.25, 0.3) is 11.1 Å². The fourth-order valence-corrected chi connectivity index (χ4v) is 5.64. The quantitative estimate of drug-likeness (QED) is 0.331. The molecule has 4 aromatic rings. The molecule has 2 N–H and O–H groups in total. The minimum Gasteiger partial charge on any atom is -0.338 e. The first kappa shape index (κ1) is 28.7. The molecule has 6 rings (SSSR count). The minimum atomic E-state index is -0.271. The monoisotopic (exact) mass is 588 g/mol. The maximum Gasteiger partial charge on any atom is 0.255 e. The lowest BCUT2D eigenvalue weighted by Crippen LogP contribution is -2.31. The van der Waals surface area contributed by atoms with Gasteiger partial charge in [-0.2, -0.15) is 0 Å². The van der Waals surface area contributed by atoms with E-state index in [4.69, 9.17) is 0 Å². The second kappa shape index (κ2) is 12.9. The Kier molecular flexibility index (Phi) is 8.40. The summed E-state index contributed by atoms with van der Waals surface area (Å²) in [7, 11) is 0. The topological polar surface area (TPSA) is 125 Å². The molecule has 44 heavy (non-hydrogen) atoms. The summed E-state index contributed by atoms with van der Waals surface area (Å²) in [5, 5.41) is 5.95. The van der Waals surface area contributed by atoms with Gasteiger partial charge in [-0.05, 0) is 72.5 Å². The van der Waals surface area contributed by atoms with Gasteiger partial charge in [-0.25, -0.2) is 0 Å². The first-order valence-electron chi connectivity index (χ1n) is 14.7. The van der Waals surface area contributed by atoms with E-state index < -0.39 is 0 Å². The van der Waals surface area contributed by atoms with Gasteiger partial charge in [-0.15, -0.1) is 0 Å². The molecule has 0 bridgehead atoms. The number of anilines is 2. The minimum absolute atomic E-state index is 0.105. The van der Waals surface area contributed by atoms with Gasteiger partial charge in [0.1, 0.15) is 0 Å². The van der Waals surface area contributed by atoms with E-state index in [1.165, 1.54) is 0 Å². The van der Waals surface area contributed by atoms with Crippen molar-refractivity contribution < 1.29 is 19.2 Å². The number of carbonyl (C=O) groups is 4. The van der Waals surface area contributed by atoms with Crippen molar-refractivity contribution in [3.63, 3.8) is 0 Å². The van der Waals surface area contributed by atoms with E-state index in [1.807, 2.05) is 48.5 Å². The highest BCUT2D eigenvalue weighted by molar-refractivity contribution is 5.98. The second-order valence-electron chi connectivity index (χ2n) is 11.1. The largest absolute Gasteiger partial charge is 0.338 e. The highest BCUT2D eigenvalue weighted by atomic mass is 16.2. The van der Waals surface area contributed by atoms with Gasteiger partial charge in [-0.3, -0.25) is 29.1 Å². The maximum atomic E-state index is 12.9. The smallest absolute Gasteiger partial charge is 0.255 e. The zero-order valence-electron chi connectivity index (χ0n) is 24.1. The van der Waals surface area contributed by atoms with Crippen LogP contribution in [0, 0.1) is 11.8 Å². The van der Waals surface area contributed by atoms with Crippen molar-refractivity contribution in [2.45, 2.75) is 12.8 Å². The van der Waals surface area contributed by atoms with Crippen LogP contribution < -0.4 is 10.6 Å². The number of amides is 4. The van der Waals surface area contributed by atoms with Gasteiger partial charge in [0.05, 0.1) is 23.0 Å². The lowest BCUT2D eigenvalue weighted by Gasteiger charge is -2.16. The first-order chi connectivity index (χ1) is 21.4. The van der Waals surface area contributed by atoms with Crippen LogP contribution >= 0.6 is 0 Å². The van der Waals surface area contributed by atoms with Gasteiger partial charge in [0, 0.05) is 62.3 Å². The number of aromatic nitrogens is 2. The average Bonchev–Trinajstić information content (AvgIpc) is 3.77. The number of rotatable bonds is 7. The zero-order chi connectivity index (χ0) is 30.5. The number of likely N-dealkylation sites (tertiary alicyclic amines) is 2. The molecule has 2 aliphatic rings. The number of hydrogen-bond acceptors (Lipinski definition) is 6. The summed E-state index contributed by atoms with van der Waals surface area (Å²) >= 11 is 0. The summed E-state index contributed by atoms with van der Waals surface area (Å²) in [6.07, 6.45) is 7.56. The van der Waals surface area contributed by atoms with Crippen LogP contribution in [0.5, 0.6) is 0 Å². The van der Waals surface area contributed by atoms with Gasteiger partial charge < -0.3 is 20.4 Å². The van der Waals surface area contributed by atoms with Crippen LogP contribution in [-0.2, 0) is 9.59 Å². The third kappa shape index (κ3) is 6.49. The van der Waals surface area contributed by atoms with Gasteiger partial charge in [-0.1, -0.05) is 24.3 Å². The molecule has 4 heterocycles. The van der Waals surface area contributed by atoms with E-state index in [0.29, 0.717) is 61.5 Å². The van der Waals surface area contributed by atoms with Crippen molar-refractivity contribution in [2.24, 2.45) is 11.8 Å². The molecule has 2 aromatic carbocycles. The Bertz CT molecular complexity index is 1520. The van der Waals surface area contributed by atoms with Gasteiger partial charge in [0.2, 0.25) is 11.8 Å². The van der Waals surface area contributed by atoms with Gasteiger partial charge in [0.15, 0.2) is 0 Å². The molecule has 10 nitrogen and oxygen atoms in total.